The zero-order chi connectivity index (χ0) is 14.0. The summed E-state index contributed by atoms with van der Waals surface area (Å²) in [5, 5.41) is 0. The van der Waals surface area contributed by atoms with Crippen molar-refractivity contribution in [1.82, 2.24) is 4.90 Å². The molecule has 1 aromatic carbocycles. The van der Waals surface area contributed by atoms with Gasteiger partial charge in [-0.3, -0.25) is 4.90 Å². The van der Waals surface area contributed by atoms with E-state index in [4.69, 9.17) is 5.73 Å². The Bertz CT molecular complexity index is 547. The monoisotopic (exact) mass is 286 g/mol. The normalized spacial score (nSPS) is 25.1. The van der Waals surface area contributed by atoms with Crippen molar-refractivity contribution in [1.29, 1.82) is 0 Å². The summed E-state index contributed by atoms with van der Waals surface area (Å²) in [5.74, 6) is -0.0182. The second-order valence-electron chi connectivity index (χ2n) is 5.01. The van der Waals surface area contributed by atoms with Gasteiger partial charge >= 0.3 is 0 Å². The third kappa shape index (κ3) is 3.32. The maximum absolute atomic E-state index is 13.3. The van der Waals surface area contributed by atoms with E-state index >= 15 is 0 Å². The van der Waals surface area contributed by atoms with Crippen molar-refractivity contribution < 1.29 is 12.8 Å². The third-order valence-electron chi connectivity index (χ3n) is 3.58. The first-order valence-electron chi connectivity index (χ1n) is 6.34. The lowest BCUT2D eigenvalue weighted by Crippen LogP contribution is -2.50. The van der Waals surface area contributed by atoms with Crippen LogP contribution in [-0.2, 0) is 9.84 Å². The molecule has 2 unspecified atom stereocenters. The van der Waals surface area contributed by atoms with Gasteiger partial charge in [0.25, 0.3) is 0 Å². The minimum Gasteiger partial charge on any atom is -0.329 e. The number of halogens is 1. The topological polar surface area (TPSA) is 63.4 Å². The molecule has 1 fully saturated rings. The SMILES string of the molecule is CC1CS(=O)(=O)CCN1C(CN)c1cccc(F)c1. The van der Waals surface area contributed by atoms with Crippen LogP contribution in [0.2, 0.25) is 0 Å². The number of nitrogens with two attached hydrogens (primary N) is 1. The van der Waals surface area contributed by atoms with Gasteiger partial charge in [0, 0.05) is 25.2 Å². The van der Waals surface area contributed by atoms with Gasteiger partial charge in [-0.1, -0.05) is 12.1 Å². The molecule has 106 valence electrons. The molecule has 0 aliphatic carbocycles. The minimum absolute atomic E-state index is 0.101. The van der Waals surface area contributed by atoms with Gasteiger partial charge in [0.2, 0.25) is 0 Å². The second kappa shape index (κ2) is 5.56. The van der Waals surface area contributed by atoms with E-state index in [1.165, 1.54) is 12.1 Å². The van der Waals surface area contributed by atoms with Crippen LogP contribution in [0.4, 0.5) is 4.39 Å². The molecule has 0 amide bonds. The van der Waals surface area contributed by atoms with Gasteiger partial charge < -0.3 is 5.73 Å². The lowest BCUT2D eigenvalue weighted by atomic mass is 10.0. The van der Waals surface area contributed by atoms with Crippen LogP contribution >= 0.6 is 0 Å². The van der Waals surface area contributed by atoms with Crippen LogP contribution in [0, 0.1) is 5.82 Å². The van der Waals surface area contributed by atoms with E-state index in [9.17, 15) is 12.8 Å². The molecule has 1 aromatic rings. The Morgan fingerprint density at radius 1 is 1.53 bits per heavy atom. The Kier molecular flexibility index (Phi) is 4.23. The van der Waals surface area contributed by atoms with E-state index in [2.05, 4.69) is 4.90 Å². The van der Waals surface area contributed by atoms with Crippen molar-refractivity contribution >= 4 is 9.84 Å². The summed E-state index contributed by atoms with van der Waals surface area (Å²) in [6.07, 6.45) is 0. The Morgan fingerprint density at radius 3 is 2.84 bits per heavy atom. The molecule has 0 bridgehead atoms. The van der Waals surface area contributed by atoms with Crippen LogP contribution in [-0.4, -0.2) is 44.0 Å². The van der Waals surface area contributed by atoms with Crippen molar-refractivity contribution in [2.24, 2.45) is 5.73 Å². The first-order valence-corrected chi connectivity index (χ1v) is 8.17. The van der Waals surface area contributed by atoms with Gasteiger partial charge in [0.05, 0.1) is 11.5 Å². The molecular formula is C13H19FN2O2S. The molecule has 2 atom stereocenters. The van der Waals surface area contributed by atoms with Gasteiger partial charge in [-0.15, -0.1) is 0 Å². The molecule has 4 nitrogen and oxygen atoms in total. The summed E-state index contributed by atoms with van der Waals surface area (Å²) in [6, 6.07) is 6.10. The fourth-order valence-electron chi connectivity index (χ4n) is 2.65. The number of hydrogen-bond acceptors (Lipinski definition) is 4. The number of rotatable bonds is 3. The molecule has 1 aliphatic heterocycles. The summed E-state index contributed by atoms with van der Waals surface area (Å²) in [5.41, 5.74) is 6.60. The van der Waals surface area contributed by atoms with Gasteiger partial charge in [-0.25, -0.2) is 12.8 Å². The van der Waals surface area contributed by atoms with Crippen LogP contribution in [0.1, 0.15) is 18.5 Å². The average molecular weight is 286 g/mol. The highest BCUT2D eigenvalue weighted by atomic mass is 32.2. The molecule has 19 heavy (non-hydrogen) atoms. The van der Waals surface area contributed by atoms with Crippen molar-refractivity contribution in [3.8, 4) is 0 Å². The maximum Gasteiger partial charge on any atom is 0.153 e. The van der Waals surface area contributed by atoms with Crippen LogP contribution in [0.5, 0.6) is 0 Å². The Morgan fingerprint density at radius 2 is 2.26 bits per heavy atom. The first-order chi connectivity index (χ1) is 8.93. The molecule has 0 aromatic heterocycles. The molecular weight excluding hydrogens is 267 g/mol. The summed E-state index contributed by atoms with van der Waals surface area (Å²) in [4.78, 5) is 2.05. The van der Waals surface area contributed by atoms with E-state index in [1.54, 1.807) is 6.07 Å². The molecule has 0 radical (unpaired) electrons. The highest BCUT2D eigenvalue weighted by Crippen LogP contribution is 2.25. The standard InChI is InChI=1S/C13H19FN2O2S/c1-10-9-19(17,18)6-5-16(10)13(8-15)11-3-2-4-12(14)7-11/h2-4,7,10,13H,5-6,8-9,15H2,1H3. The summed E-state index contributed by atoms with van der Waals surface area (Å²) in [6.45, 7) is 2.66. The molecule has 0 spiro atoms. The van der Waals surface area contributed by atoms with Crippen molar-refractivity contribution in [2.45, 2.75) is 19.0 Å². The predicted molar refractivity (Wildman–Crippen MR) is 73.0 cm³/mol. The molecule has 0 saturated carbocycles. The first kappa shape index (κ1) is 14.4. The lowest BCUT2D eigenvalue weighted by molar-refractivity contribution is 0.161. The largest absolute Gasteiger partial charge is 0.329 e. The van der Waals surface area contributed by atoms with Crippen LogP contribution in [0.3, 0.4) is 0 Å². The maximum atomic E-state index is 13.3. The highest BCUT2D eigenvalue weighted by molar-refractivity contribution is 7.91. The Balaban J connectivity index is 2.23. The van der Waals surface area contributed by atoms with Crippen molar-refractivity contribution in [3.05, 3.63) is 35.6 Å². The fourth-order valence-corrected chi connectivity index (χ4v) is 4.23. The summed E-state index contributed by atoms with van der Waals surface area (Å²) < 4.78 is 36.5. The number of benzene rings is 1. The van der Waals surface area contributed by atoms with Crippen LogP contribution < -0.4 is 5.73 Å². The van der Waals surface area contributed by atoms with Crippen LogP contribution in [0.15, 0.2) is 24.3 Å². The molecule has 1 saturated heterocycles. The quantitative estimate of drug-likeness (QED) is 0.898. The predicted octanol–water partition coefficient (Wildman–Crippen LogP) is 0.944. The van der Waals surface area contributed by atoms with E-state index < -0.39 is 9.84 Å². The summed E-state index contributed by atoms with van der Waals surface area (Å²) >= 11 is 0. The number of hydrogen-bond donors (Lipinski definition) is 1. The van der Waals surface area contributed by atoms with E-state index in [-0.39, 0.29) is 29.4 Å². The Hall–Kier alpha value is -0.980. The van der Waals surface area contributed by atoms with Gasteiger partial charge in [0.15, 0.2) is 9.84 Å². The third-order valence-corrected chi connectivity index (χ3v) is 5.37. The zero-order valence-corrected chi connectivity index (χ0v) is 11.7. The lowest BCUT2D eigenvalue weighted by Gasteiger charge is -2.39. The highest BCUT2D eigenvalue weighted by Gasteiger charge is 2.32. The van der Waals surface area contributed by atoms with E-state index in [1.807, 2.05) is 13.0 Å². The van der Waals surface area contributed by atoms with Gasteiger partial charge in [-0.2, -0.15) is 0 Å². The average Bonchev–Trinajstić information content (AvgIpc) is 2.32. The molecule has 6 heteroatoms. The number of nitrogens with zero attached hydrogens (tertiary/aromatic N) is 1. The van der Waals surface area contributed by atoms with Gasteiger partial charge in [-0.05, 0) is 24.6 Å². The number of sulfone groups is 1. The van der Waals surface area contributed by atoms with E-state index in [0.29, 0.717) is 13.1 Å². The fraction of sp³-hybridized carbons (Fsp3) is 0.538. The van der Waals surface area contributed by atoms with Crippen molar-refractivity contribution in [3.63, 3.8) is 0 Å². The molecule has 1 aliphatic rings. The van der Waals surface area contributed by atoms with Gasteiger partial charge in [0.1, 0.15) is 5.82 Å². The summed E-state index contributed by atoms with van der Waals surface area (Å²) in [7, 11) is -2.95. The molecule has 1 heterocycles. The molecule has 2 rings (SSSR count). The van der Waals surface area contributed by atoms with Crippen molar-refractivity contribution in [2.75, 3.05) is 24.6 Å². The zero-order valence-electron chi connectivity index (χ0n) is 10.9. The Labute approximate surface area is 113 Å². The molecule has 2 N–H and O–H groups in total. The van der Waals surface area contributed by atoms with Crippen LogP contribution in [0.25, 0.3) is 0 Å². The second-order valence-corrected chi connectivity index (χ2v) is 7.24. The smallest absolute Gasteiger partial charge is 0.153 e. The van der Waals surface area contributed by atoms with E-state index in [0.717, 1.165) is 5.56 Å². The minimum atomic E-state index is -2.95.